The zero-order chi connectivity index (χ0) is 13.0. The molecule has 5 nitrogen and oxygen atoms in total. The summed E-state index contributed by atoms with van der Waals surface area (Å²) in [7, 11) is 2.07. The summed E-state index contributed by atoms with van der Waals surface area (Å²) in [4.78, 5) is 13.6. The molecule has 1 saturated heterocycles. The molecular formula is C13H25N3O2. The number of nitrogens with two attached hydrogens (primary N) is 1. The predicted molar refractivity (Wildman–Crippen MR) is 70.2 cm³/mol. The van der Waals surface area contributed by atoms with Crippen molar-refractivity contribution >= 4 is 5.91 Å². The van der Waals surface area contributed by atoms with Crippen molar-refractivity contribution in [2.24, 2.45) is 11.7 Å². The number of hydrogen-bond donors (Lipinski definition) is 2. The molecule has 18 heavy (non-hydrogen) atoms. The average molecular weight is 255 g/mol. The van der Waals surface area contributed by atoms with Gasteiger partial charge in [0.05, 0.1) is 6.04 Å². The standard InChI is InChI=1S/C13H25N3O2/c1-16(8-10-4-6-18-7-5-10)9-12(13(14)17)15-11-2-3-11/h10-12,15H,2-9H2,1H3,(H2,14,17). The molecule has 5 heteroatoms. The second kappa shape index (κ2) is 6.50. The minimum Gasteiger partial charge on any atom is -0.381 e. The molecule has 1 saturated carbocycles. The van der Waals surface area contributed by atoms with Crippen LogP contribution in [0.1, 0.15) is 25.7 Å². The van der Waals surface area contributed by atoms with Gasteiger partial charge in [0, 0.05) is 32.3 Å². The van der Waals surface area contributed by atoms with Crippen molar-refractivity contribution in [1.29, 1.82) is 0 Å². The summed E-state index contributed by atoms with van der Waals surface area (Å²) in [6.07, 6.45) is 4.60. The van der Waals surface area contributed by atoms with Crippen molar-refractivity contribution in [2.45, 2.75) is 37.8 Å². The molecule has 104 valence electrons. The van der Waals surface area contributed by atoms with E-state index in [9.17, 15) is 4.79 Å². The summed E-state index contributed by atoms with van der Waals surface area (Å²) in [5, 5.41) is 3.32. The van der Waals surface area contributed by atoms with E-state index in [2.05, 4.69) is 17.3 Å². The average Bonchev–Trinajstić information content (AvgIpc) is 3.13. The van der Waals surface area contributed by atoms with Gasteiger partial charge < -0.3 is 20.7 Å². The molecule has 2 aliphatic rings. The molecule has 0 aromatic carbocycles. The highest BCUT2D eigenvalue weighted by molar-refractivity contribution is 5.80. The molecule has 2 fully saturated rings. The number of likely N-dealkylation sites (N-methyl/N-ethyl adjacent to an activating group) is 1. The van der Waals surface area contributed by atoms with E-state index in [1.807, 2.05) is 0 Å². The van der Waals surface area contributed by atoms with Gasteiger partial charge in [-0.25, -0.2) is 0 Å². The normalized spacial score (nSPS) is 23.2. The van der Waals surface area contributed by atoms with Crippen molar-refractivity contribution in [3.63, 3.8) is 0 Å². The lowest BCUT2D eigenvalue weighted by Gasteiger charge is -2.29. The zero-order valence-corrected chi connectivity index (χ0v) is 11.2. The molecule has 1 aliphatic carbocycles. The number of ether oxygens (including phenoxy) is 1. The van der Waals surface area contributed by atoms with Gasteiger partial charge in [0.25, 0.3) is 0 Å². The van der Waals surface area contributed by atoms with Crippen LogP contribution in [0, 0.1) is 5.92 Å². The van der Waals surface area contributed by atoms with Gasteiger partial charge in [0.1, 0.15) is 0 Å². The first-order valence-electron chi connectivity index (χ1n) is 6.97. The fraction of sp³-hybridized carbons (Fsp3) is 0.923. The lowest BCUT2D eigenvalue weighted by atomic mass is 10.00. The summed E-state index contributed by atoms with van der Waals surface area (Å²) in [5.41, 5.74) is 5.45. The van der Waals surface area contributed by atoms with Gasteiger partial charge in [-0.1, -0.05) is 0 Å². The molecule has 0 spiro atoms. The Morgan fingerprint density at radius 2 is 2.06 bits per heavy atom. The second-order valence-electron chi connectivity index (χ2n) is 5.67. The largest absolute Gasteiger partial charge is 0.381 e. The monoisotopic (exact) mass is 255 g/mol. The van der Waals surface area contributed by atoms with E-state index < -0.39 is 0 Å². The van der Waals surface area contributed by atoms with Crippen LogP contribution in [-0.4, -0.2) is 56.2 Å². The lowest BCUT2D eigenvalue weighted by molar-refractivity contribution is -0.120. The van der Waals surface area contributed by atoms with Crippen LogP contribution in [0.25, 0.3) is 0 Å². The molecule has 1 atom stereocenters. The quantitative estimate of drug-likeness (QED) is 0.669. The first-order valence-corrected chi connectivity index (χ1v) is 6.97. The molecule has 0 radical (unpaired) electrons. The SMILES string of the molecule is CN(CC1CCOCC1)CC(NC1CC1)C(N)=O. The van der Waals surface area contributed by atoms with Crippen molar-refractivity contribution < 1.29 is 9.53 Å². The summed E-state index contributed by atoms with van der Waals surface area (Å²) in [6.45, 7) is 3.48. The Bertz CT molecular complexity index is 275. The van der Waals surface area contributed by atoms with Gasteiger partial charge in [0.15, 0.2) is 0 Å². The van der Waals surface area contributed by atoms with E-state index in [0.29, 0.717) is 18.5 Å². The molecule has 0 aromatic heterocycles. The Labute approximate surface area is 109 Å². The van der Waals surface area contributed by atoms with E-state index in [-0.39, 0.29) is 11.9 Å². The maximum atomic E-state index is 11.4. The number of carbonyl (C=O) groups excluding carboxylic acids is 1. The van der Waals surface area contributed by atoms with E-state index in [1.54, 1.807) is 0 Å². The molecule has 3 N–H and O–H groups in total. The summed E-state index contributed by atoms with van der Waals surface area (Å²) in [5.74, 6) is 0.457. The summed E-state index contributed by atoms with van der Waals surface area (Å²) < 4.78 is 5.36. The maximum Gasteiger partial charge on any atom is 0.235 e. The molecule has 0 bridgehead atoms. The first kappa shape index (κ1) is 13.8. The van der Waals surface area contributed by atoms with Gasteiger partial charge in [-0.05, 0) is 38.6 Å². The van der Waals surface area contributed by atoms with Crippen molar-refractivity contribution in [1.82, 2.24) is 10.2 Å². The van der Waals surface area contributed by atoms with Gasteiger partial charge in [-0.15, -0.1) is 0 Å². The number of hydrogen-bond acceptors (Lipinski definition) is 4. The number of primary amides is 1. The van der Waals surface area contributed by atoms with Gasteiger partial charge in [0.2, 0.25) is 5.91 Å². The molecule has 1 unspecified atom stereocenters. The Hall–Kier alpha value is -0.650. The highest BCUT2D eigenvalue weighted by Crippen LogP contribution is 2.20. The molecule has 1 aliphatic heterocycles. The highest BCUT2D eigenvalue weighted by Gasteiger charge is 2.28. The predicted octanol–water partition coefficient (Wildman–Crippen LogP) is -0.0493. The van der Waals surface area contributed by atoms with Crippen LogP contribution in [0.3, 0.4) is 0 Å². The van der Waals surface area contributed by atoms with Gasteiger partial charge >= 0.3 is 0 Å². The van der Waals surface area contributed by atoms with Crippen LogP contribution in [0.4, 0.5) is 0 Å². The van der Waals surface area contributed by atoms with Crippen LogP contribution in [-0.2, 0) is 9.53 Å². The van der Waals surface area contributed by atoms with Crippen LogP contribution in [0.2, 0.25) is 0 Å². The van der Waals surface area contributed by atoms with Crippen LogP contribution >= 0.6 is 0 Å². The third-order valence-corrected chi connectivity index (χ3v) is 3.76. The van der Waals surface area contributed by atoms with Crippen molar-refractivity contribution in [2.75, 3.05) is 33.4 Å². The Kier molecular flexibility index (Phi) is 4.97. The van der Waals surface area contributed by atoms with Crippen LogP contribution in [0.5, 0.6) is 0 Å². The number of nitrogens with one attached hydrogen (secondary N) is 1. The number of amides is 1. The third kappa shape index (κ3) is 4.55. The third-order valence-electron chi connectivity index (χ3n) is 3.76. The van der Waals surface area contributed by atoms with E-state index >= 15 is 0 Å². The molecule has 0 aromatic rings. The highest BCUT2D eigenvalue weighted by atomic mass is 16.5. The fourth-order valence-corrected chi connectivity index (χ4v) is 2.52. The van der Waals surface area contributed by atoms with Crippen LogP contribution in [0.15, 0.2) is 0 Å². The molecule has 1 heterocycles. The Morgan fingerprint density at radius 1 is 1.39 bits per heavy atom. The smallest absolute Gasteiger partial charge is 0.235 e. The van der Waals surface area contributed by atoms with Gasteiger partial charge in [-0.2, -0.15) is 0 Å². The first-order chi connectivity index (χ1) is 8.65. The number of nitrogens with zero attached hydrogens (tertiary/aromatic N) is 1. The van der Waals surface area contributed by atoms with Gasteiger partial charge in [-0.3, -0.25) is 4.79 Å². The molecule has 2 rings (SSSR count). The lowest BCUT2D eigenvalue weighted by Crippen LogP contribution is -2.50. The Morgan fingerprint density at radius 3 is 2.61 bits per heavy atom. The second-order valence-corrected chi connectivity index (χ2v) is 5.67. The van der Waals surface area contributed by atoms with E-state index in [4.69, 9.17) is 10.5 Å². The van der Waals surface area contributed by atoms with E-state index in [0.717, 1.165) is 32.6 Å². The fourth-order valence-electron chi connectivity index (χ4n) is 2.52. The van der Waals surface area contributed by atoms with Crippen molar-refractivity contribution in [3.8, 4) is 0 Å². The number of rotatable bonds is 7. The topological polar surface area (TPSA) is 67.6 Å². The summed E-state index contributed by atoms with van der Waals surface area (Å²) in [6, 6.07) is 0.307. The number of carbonyl (C=O) groups is 1. The van der Waals surface area contributed by atoms with Crippen molar-refractivity contribution in [3.05, 3.63) is 0 Å². The minimum absolute atomic E-state index is 0.206. The Balaban J connectivity index is 1.72. The van der Waals surface area contributed by atoms with E-state index in [1.165, 1.54) is 12.8 Å². The summed E-state index contributed by atoms with van der Waals surface area (Å²) >= 11 is 0. The minimum atomic E-state index is -0.235. The molecule has 1 amide bonds. The molecular weight excluding hydrogens is 230 g/mol. The maximum absolute atomic E-state index is 11.4. The van der Waals surface area contributed by atoms with Crippen LogP contribution < -0.4 is 11.1 Å². The zero-order valence-electron chi connectivity index (χ0n) is 11.2.